The Hall–Kier alpha value is -1.80. The fourth-order valence-corrected chi connectivity index (χ4v) is 3.16. The maximum absolute atomic E-state index is 12.9. The molecule has 0 amide bonds. The first-order chi connectivity index (χ1) is 9.77. The molecule has 3 heterocycles. The number of pyridine rings is 1. The van der Waals surface area contributed by atoms with Crippen molar-refractivity contribution in [3.05, 3.63) is 34.5 Å². The summed E-state index contributed by atoms with van der Waals surface area (Å²) >= 11 is 7.11. The molecule has 110 valence electrons. The third kappa shape index (κ3) is 2.34. The van der Waals surface area contributed by atoms with E-state index in [2.05, 4.69) is 10.2 Å². The zero-order valence-corrected chi connectivity index (χ0v) is 12.1. The molecule has 0 aliphatic rings. The number of nitrogens with zero attached hydrogens (tertiary/aromatic N) is 3. The number of hydrogen-bond acceptors (Lipinski definition) is 4. The Labute approximate surface area is 126 Å². The molecule has 0 aromatic carbocycles. The van der Waals surface area contributed by atoms with Crippen LogP contribution < -0.4 is 5.73 Å². The van der Waals surface area contributed by atoms with E-state index in [1.165, 1.54) is 15.7 Å². The van der Waals surface area contributed by atoms with Crippen molar-refractivity contribution in [2.24, 2.45) is 0 Å². The van der Waals surface area contributed by atoms with Crippen molar-refractivity contribution in [3.8, 4) is 10.7 Å². The standard InChI is InChI=1S/C12H8ClF3N4S/c1-5-2-8(17)21-9(5)11-19-18-10-7(13)3-6(4-20(10)11)12(14,15)16/h2-4H,17H2,1H3. The van der Waals surface area contributed by atoms with Crippen molar-refractivity contribution in [2.45, 2.75) is 13.1 Å². The quantitative estimate of drug-likeness (QED) is 0.732. The maximum atomic E-state index is 12.9. The van der Waals surface area contributed by atoms with Crippen molar-refractivity contribution in [1.82, 2.24) is 14.6 Å². The Balaban J connectivity index is 2.30. The average Bonchev–Trinajstić information content (AvgIpc) is 2.91. The molecule has 3 aromatic heterocycles. The van der Waals surface area contributed by atoms with Gasteiger partial charge in [-0.15, -0.1) is 21.5 Å². The second-order valence-corrected chi connectivity index (χ2v) is 5.94. The van der Waals surface area contributed by atoms with Crippen LogP contribution in [0.4, 0.5) is 18.2 Å². The highest BCUT2D eigenvalue weighted by molar-refractivity contribution is 7.19. The van der Waals surface area contributed by atoms with Crippen LogP contribution >= 0.6 is 22.9 Å². The smallest absolute Gasteiger partial charge is 0.391 e. The summed E-state index contributed by atoms with van der Waals surface area (Å²) in [7, 11) is 0. The molecule has 0 saturated carbocycles. The lowest BCUT2D eigenvalue weighted by Crippen LogP contribution is -2.07. The Morgan fingerprint density at radius 3 is 2.57 bits per heavy atom. The van der Waals surface area contributed by atoms with E-state index >= 15 is 0 Å². The minimum atomic E-state index is -4.50. The molecule has 0 unspecified atom stereocenters. The van der Waals surface area contributed by atoms with Crippen molar-refractivity contribution in [2.75, 3.05) is 5.73 Å². The monoisotopic (exact) mass is 332 g/mol. The van der Waals surface area contributed by atoms with Gasteiger partial charge in [-0.3, -0.25) is 4.40 Å². The van der Waals surface area contributed by atoms with Gasteiger partial charge in [-0.05, 0) is 24.6 Å². The summed E-state index contributed by atoms with van der Waals surface area (Å²) in [4.78, 5) is 0.662. The lowest BCUT2D eigenvalue weighted by atomic mass is 10.2. The normalized spacial score (nSPS) is 12.2. The molecule has 0 atom stereocenters. The summed E-state index contributed by atoms with van der Waals surface area (Å²) in [5.41, 5.74) is 5.85. The predicted molar refractivity (Wildman–Crippen MR) is 75.5 cm³/mol. The van der Waals surface area contributed by atoms with E-state index in [9.17, 15) is 13.2 Å². The van der Waals surface area contributed by atoms with Gasteiger partial charge in [-0.25, -0.2) is 0 Å². The summed E-state index contributed by atoms with van der Waals surface area (Å²) in [6.45, 7) is 1.80. The van der Waals surface area contributed by atoms with Gasteiger partial charge >= 0.3 is 6.18 Å². The molecule has 3 rings (SSSR count). The van der Waals surface area contributed by atoms with E-state index < -0.39 is 11.7 Å². The van der Waals surface area contributed by atoms with Gasteiger partial charge in [-0.1, -0.05) is 11.6 Å². The highest BCUT2D eigenvalue weighted by atomic mass is 35.5. The van der Waals surface area contributed by atoms with Crippen LogP contribution in [-0.4, -0.2) is 14.6 Å². The summed E-state index contributed by atoms with van der Waals surface area (Å²) in [6, 6.07) is 2.57. The van der Waals surface area contributed by atoms with Crippen LogP contribution in [0.15, 0.2) is 18.3 Å². The summed E-state index contributed by atoms with van der Waals surface area (Å²) < 4.78 is 39.9. The predicted octanol–water partition coefficient (Wildman–Crippen LogP) is 4.02. The van der Waals surface area contributed by atoms with Crippen LogP contribution in [0.25, 0.3) is 16.3 Å². The summed E-state index contributed by atoms with van der Waals surface area (Å²) in [5, 5.41) is 8.23. The SMILES string of the molecule is Cc1cc(N)sc1-c1nnc2c(Cl)cc(C(F)(F)F)cn12. The number of rotatable bonds is 1. The number of anilines is 1. The Kier molecular flexibility index (Phi) is 3.10. The van der Waals surface area contributed by atoms with E-state index in [1.807, 2.05) is 0 Å². The first-order valence-electron chi connectivity index (χ1n) is 5.75. The molecule has 0 saturated heterocycles. The lowest BCUT2D eigenvalue weighted by molar-refractivity contribution is -0.137. The molecule has 2 N–H and O–H groups in total. The van der Waals surface area contributed by atoms with Crippen molar-refractivity contribution < 1.29 is 13.2 Å². The maximum Gasteiger partial charge on any atom is 0.417 e. The fourth-order valence-electron chi connectivity index (χ4n) is 1.99. The molecule has 0 bridgehead atoms. The second kappa shape index (κ2) is 4.60. The topological polar surface area (TPSA) is 56.2 Å². The first-order valence-corrected chi connectivity index (χ1v) is 6.94. The first kappa shape index (κ1) is 14.2. The third-order valence-electron chi connectivity index (χ3n) is 2.93. The molecular formula is C12H8ClF3N4S. The minimum absolute atomic E-state index is 0.106. The molecule has 4 nitrogen and oxygen atoms in total. The van der Waals surface area contributed by atoms with E-state index in [4.69, 9.17) is 17.3 Å². The van der Waals surface area contributed by atoms with Gasteiger partial charge < -0.3 is 5.73 Å². The van der Waals surface area contributed by atoms with E-state index in [0.717, 1.165) is 17.8 Å². The molecule has 0 aliphatic carbocycles. The summed E-state index contributed by atoms with van der Waals surface area (Å²) in [5.74, 6) is 0.289. The molecule has 0 fully saturated rings. The van der Waals surface area contributed by atoms with Gasteiger partial charge in [0.05, 0.1) is 20.5 Å². The molecule has 9 heteroatoms. The molecule has 0 spiro atoms. The number of aromatic nitrogens is 3. The molecule has 3 aromatic rings. The van der Waals surface area contributed by atoms with Gasteiger partial charge in [-0.2, -0.15) is 13.2 Å². The zero-order valence-electron chi connectivity index (χ0n) is 10.6. The molecule has 0 aliphatic heterocycles. The second-order valence-electron chi connectivity index (χ2n) is 4.45. The number of aryl methyl sites for hydroxylation is 1. The highest BCUT2D eigenvalue weighted by Crippen LogP contribution is 2.36. The number of nitrogen functional groups attached to an aromatic ring is 1. The fraction of sp³-hybridized carbons (Fsp3) is 0.167. The van der Waals surface area contributed by atoms with Crippen molar-refractivity contribution in [1.29, 1.82) is 0 Å². The Morgan fingerprint density at radius 2 is 2.00 bits per heavy atom. The van der Waals surface area contributed by atoms with Crippen LogP contribution in [0.2, 0.25) is 5.02 Å². The van der Waals surface area contributed by atoms with Gasteiger partial charge in [0.25, 0.3) is 0 Å². The number of fused-ring (bicyclic) bond motifs is 1. The average molecular weight is 333 g/mol. The van der Waals surface area contributed by atoms with Crippen LogP contribution in [0.3, 0.4) is 0 Å². The number of thiophene rings is 1. The van der Waals surface area contributed by atoms with Crippen LogP contribution in [0.5, 0.6) is 0 Å². The van der Waals surface area contributed by atoms with Crippen LogP contribution in [0.1, 0.15) is 11.1 Å². The Morgan fingerprint density at radius 1 is 1.29 bits per heavy atom. The molecular weight excluding hydrogens is 325 g/mol. The van der Waals surface area contributed by atoms with Crippen molar-refractivity contribution >= 4 is 33.6 Å². The third-order valence-corrected chi connectivity index (χ3v) is 4.27. The zero-order chi connectivity index (χ0) is 15.4. The number of hydrogen-bond donors (Lipinski definition) is 1. The number of halogens is 4. The molecule has 0 radical (unpaired) electrons. The van der Waals surface area contributed by atoms with Gasteiger partial charge in [0.2, 0.25) is 0 Å². The van der Waals surface area contributed by atoms with Gasteiger partial charge in [0.1, 0.15) is 0 Å². The lowest BCUT2D eigenvalue weighted by Gasteiger charge is -2.08. The largest absolute Gasteiger partial charge is 0.417 e. The number of nitrogens with two attached hydrogens (primary N) is 1. The number of alkyl halides is 3. The van der Waals surface area contributed by atoms with E-state index in [1.54, 1.807) is 13.0 Å². The van der Waals surface area contributed by atoms with E-state index in [0.29, 0.717) is 9.88 Å². The van der Waals surface area contributed by atoms with E-state index in [-0.39, 0.29) is 16.5 Å². The minimum Gasteiger partial charge on any atom is -0.391 e. The van der Waals surface area contributed by atoms with Gasteiger partial charge in [0, 0.05) is 6.20 Å². The highest BCUT2D eigenvalue weighted by Gasteiger charge is 2.32. The van der Waals surface area contributed by atoms with Crippen molar-refractivity contribution in [3.63, 3.8) is 0 Å². The van der Waals surface area contributed by atoms with Crippen LogP contribution in [0, 0.1) is 6.92 Å². The van der Waals surface area contributed by atoms with Gasteiger partial charge in [0.15, 0.2) is 11.5 Å². The van der Waals surface area contributed by atoms with Crippen LogP contribution in [-0.2, 0) is 6.18 Å². The Bertz CT molecular complexity index is 837. The molecule has 21 heavy (non-hydrogen) atoms. The summed E-state index contributed by atoms with van der Waals surface area (Å²) in [6.07, 6.45) is -3.56.